The Balaban J connectivity index is 2.49. The molecule has 4 heteroatoms. The third kappa shape index (κ3) is 0.812. The second-order valence-electron chi connectivity index (χ2n) is 2.53. The lowest BCUT2D eigenvalue weighted by Gasteiger charge is -2.18. The summed E-state index contributed by atoms with van der Waals surface area (Å²) in [6.45, 7) is 0. The van der Waals surface area contributed by atoms with Gasteiger partial charge in [0.25, 0.3) is 5.79 Å². The molecule has 1 N–H and O–H groups in total. The Morgan fingerprint density at radius 3 is 2.58 bits per heavy atom. The standard InChI is InChI=1S/C8H8N4/c9-11-8(4-3-5-10-8)12-6-1-2-7-12/h1-7,9H. The van der Waals surface area contributed by atoms with E-state index in [9.17, 15) is 0 Å². The van der Waals surface area contributed by atoms with Gasteiger partial charge in [-0.2, -0.15) is 0 Å². The molecule has 0 bridgehead atoms. The van der Waals surface area contributed by atoms with E-state index in [1.54, 1.807) is 22.9 Å². The van der Waals surface area contributed by atoms with E-state index < -0.39 is 5.79 Å². The molecule has 0 aromatic carbocycles. The molecule has 12 heavy (non-hydrogen) atoms. The van der Waals surface area contributed by atoms with Crippen molar-refractivity contribution in [2.75, 3.05) is 0 Å². The molecular weight excluding hydrogens is 152 g/mol. The minimum absolute atomic E-state index is 0.844. The highest BCUT2D eigenvalue weighted by molar-refractivity contribution is 5.74. The fraction of sp³-hybridized carbons (Fsp3) is 0.125. The number of hydrogen-bond acceptors (Lipinski definition) is 3. The predicted octanol–water partition coefficient (Wildman–Crippen LogP) is 1.77. The maximum atomic E-state index is 7.06. The van der Waals surface area contributed by atoms with E-state index in [0.29, 0.717) is 0 Å². The van der Waals surface area contributed by atoms with Gasteiger partial charge in [0.05, 0.1) is 0 Å². The molecule has 60 valence electrons. The molecule has 2 heterocycles. The van der Waals surface area contributed by atoms with Crippen molar-refractivity contribution in [3.63, 3.8) is 0 Å². The Bertz CT molecular complexity index is 322. The number of nitrogens with zero attached hydrogens (tertiary/aromatic N) is 3. The third-order valence-electron chi connectivity index (χ3n) is 1.82. The van der Waals surface area contributed by atoms with Crippen LogP contribution in [0.2, 0.25) is 0 Å². The molecule has 1 aromatic heterocycles. The highest BCUT2D eigenvalue weighted by atomic mass is 15.4. The minimum Gasteiger partial charge on any atom is -0.307 e. The first-order valence-electron chi connectivity index (χ1n) is 3.62. The molecule has 0 saturated carbocycles. The molecule has 0 aliphatic carbocycles. The number of hydrogen-bond donors (Lipinski definition) is 1. The van der Waals surface area contributed by atoms with Gasteiger partial charge in [0.15, 0.2) is 0 Å². The smallest absolute Gasteiger partial charge is 0.269 e. The van der Waals surface area contributed by atoms with Crippen LogP contribution in [0, 0.1) is 5.53 Å². The van der Waals surface area contributed by atoms with E-state index in [2.05, 4.69) is 10.1 Å². The molecule has 1 aromatic rings. The first-order valence-corrected chi connectivity index (χ1v) is 3.62. The lowest BCUT2D eigenvalue weighted by atomic mass is 10.3. The van der Waals surface area contributed by atoms with Crippen molar-refractivity contribution in [1.82, 2.24) is 4.57 Å². The number of rotatable bonds is 2. The van der Waals surface area contributed by atoms with E-state index >= 15 is 0 Å². The average Bonchev–Trinajstić information content (AvgIpc) is 2.76. The van der Waals surface area contributed by atoms with Crippen LogP contribution in [-0.2, 0) is 5.79 Å². The van der Waals surface area contributed by atoms with Crippen LogP contribution in [-0.4, -0.2) is 10.8 Å². The Labute approximate surface area is 69.7 Å². The maximum absolute atomic E-state index is 7.06. The fourth-order valence-corrected chi connectivity index (χ4v) is 1.20. The summed E-state index contributed by atoms with van der Waals surface area (Å²) in [7, 11) is 0. The number of allylic oxidation sites excluding steroid dienone is 1. The summed E-state index contributed by atoms with van der Waals surface area (Å²) in [4.78, 5) is 4.10. The van der Waals surface area contributed by atoms with Crippen LogP contribution in [0.15, 0.2) is 46.8 Å². The van der Waals surface area contributed by atoms with Gasteiger partial charge < -0.3 is 4.57 Å². The first-order chi connectivity index (χ1) is 5.87. The summed E-state index contributed by atoms with van der Waals surface area (Å²) < 4.78 is 1.78. The quantitative estimate of drug-likeness (QED) is 0.641. The van der Waals surface area contributed by atoms with Crippen LogP contribution in [0.3, 0.4) is 0 Å². The Kier molecular flexibility index (Phi) is 1.40. The van der Waals surface area contributed by atoms with Gasteiger partial charge in [-0.3, -0.25) is 0 Å². The molecule has 1 aliphatic heterocycles. The summed E-state index contributed by atoms with van der Waals surface area (Å²) in [5.74, 6) is -0.844. The lowest BCUT2D eigenvalue weighted by molar-refractivity contribution is 0.388. The second-order valence-corrected chi connectivity index (χ2v) is 2.53. The van der Waals surface area contributed by atoms with Gasteiger partial charge in [0, 0.05) is 18.6 Å². The molecule has 0 fully saturated rings. The number of aliphatic imine (C=N–C) groups is 1. The first kappa shape index (κ1) is 6.97. The molecule has 1 aliphatic rings. The zero-order valence-electron chi connectivity index (χ0n) is 6.38. The Morgan fingerprint density at radius 2 is 2.08 bits per heavy atom. The molecule has 2 rings (SSSR count). The van der Waals surface area contributed by atoms with Gasteiger partial charge in [0.1, 0.15) is 0 Å². The van der Waals surface area contributed by atoms with Gasteiger partial charge in [-0.25, -0.2) is 10.5 Å². The van der Waals surface area contributed by atoms with Crippen molar-refractivity contribution in [3.8, 4) is 0 Å². The molecule has 0 amide bonds. The van der Waals surface area contributed by atoms with Gasteiger partial charge in [0.2, 0.25) is 0 Å². The van der Waals surface area contributed by atoms with Gasteiger partial charge >= 0.3 is 0 Å². The molecule has 1 unspecified atom stereocenters. The van der Waals surface area contributed by atoms with E-state index in [0.717, 1.165) is 0 Å². The second kappa shape index (κ2) is 2.41. The SMILES string of the molecule is N=NC1(n2cccc2)C=CC=N1. The average molecular weight is 160 g/mol. The maximum Gasteiger partial charge on any atom is 0.269 e. The topological polar surface area (TPSA) is 53.5 Å². The summed E-state index contributed by atoms with van der Waals surface area (Å²) >= 11 is 0. The summed E-state index contributed by atoms with van der Waals surface area (Å²) in [6.07, 6.45) is 8.90. The van der Waals surface area contributed by atoms with Crippen molar-refractivity contribution in [2.45, 2.75) is 5.79 Å². The van der Waals surface area contributed by atoms with Crippen LogP contribution in [0.5, 0.6) is 0 Å². The summed E-state index contributed by atoms with van der Waals surface area (Å²) in [5.41, 5.74) is 7.06. The fourth-order valence-electron chi connectivity index (χ4n) is 1.20. The van der Waals surface area contributed by atoms with Crippen LogP contribution in [0.4, 0.5) is 0 Å². The predicted molar refractivity (Wildman–Crippen MR) is 45.2 cm³/mol. The summed E-state index contributed by atoms with van der Waals surface area (Å²) in [5, 5.41) is 3.49. The minimum atomic E-state index is -0.844. The normalized spacial score (nSPS) is 26.3. The van der Waals surface area contributed by atoms with Crippen LogP contribution in [0.25, 0.3) is 0 Å². The summed E-state index contributed by atoms with van der Waals surface area (Å²) in [6, 6.07) is 3.77. The van der Waals surface area contributed by atoms with E-state index in [1.807, 2.05) is 24.5 Å². The highest BCUT2D eigenvalue weighted by Crippen LogP contribution is 2.24. The van der Waals surface area contributed by atoms with Crippen molar-refractivity contribution in [3.05, 3.63) is 36.7 Å². The van der Waals surface area contributed by atoms with Crippen molar-refractivity contribution >= 4 is 6.21 Å². The molecule has 0 saturated heterocycles. The van der Waals surface area contributed by atoms with Crippen LogP contribution >= 0.6 is 0 Å². The zero-order chi connectivity index (χ0) is 8.44. The van der Waals surface area contributed by atoms with Crippen molar-refractivity contribution in [2.24, 2.45) is 10.1 Å². The molecular formula is C8H8N4. The Hall–Kier alpha value is -1.71. The third-order valence-corrected chi connectivity index (χ3v) is 1.82. The lowest BCUT2D eigenvalue weighted by Crippen LogP contribution is -2.22. The van der Waals surface area contributed by atoms with Crippen molar-refractivity contribution in [1.29, 1.82) is 5.53 Å². The van der Waals surface area contributed by atoms with Gasteiger partial charge in [-0.05, 0) is 24.3 Å². The molecule has 0 radical (unpaired) electrons. The molecule has 0 spiro atoms. The van der Waals surface area contributed by atoms with E-state index in [-0.39, 0.29) is 0 Å². The van der Waals surface area contributed by atoms with Crippen LogP contribution in [0.1, 0.15) is 0 Å². The van der Waals surface area contributed by atoms with E-state index in [4.69, 9.17) is 5.53 Å². The largest absolute Gasteiger partial charge is 0.307 e. The van der Waals surface area contributed by atoms with Gasteiger partial charge in [-0.1, -0.05) is 0 Å². The van der Waals surface area contributed by atoms with Crippen LogP contribution < -0.4 is 0 Å². The number of aromatic nitrogens is 1. The zero-order valence-corrected chi connectivity index (χ0v) is 6.38. The Morgan fingerprint density at radius 1 is 1.33 bits per heavy atom. The molecule has 1 atom stereocenters. The molecule has 4 nitrogen and oxygen atoms in total. The monoisotopic (exact) mass is 160 g/mol. The highest BCUT2D eigenvalue weighted by Gasteiger charge is 2.27. The van der Waals surface area contributed by atoms with Crippen molar-refractivity contribution < 1.29 is 0 Å². The van der Waals surface area contributed by atoms with E-state index in [1.165, 1.54) is 0 Å². The van der Waals surface area contributed by atoms with Gasteiger partial charge in [-0.15, -0.1) is 5.11 Å². The number of nitrogens with one attached hydrogen (secondary N) is 1.